The Balaban J connectivity index is 1.45. The van der Waals surface area contributed by atoms with Crippen molar-refractivity contribution in [3.8, 4) is 0 Å². The Morgan fingerprint density at radius 3 is 2.76 bits per heavy atom. The quantitative estimate of drug-likeness (QED) is 0.676. The molecule has 2 aliphatic rings. The fourth-order valence-corrected chi connectivity index (χ4v) is 4.42. The summed E-state index contributed by atoms with van der Waals surface area (Å²) in [5.74, 6) is 0.789. The summed E-state index contributed by atoms with van der Waals surface area (Å²) < 4.78 is 21.9. The number of para-hydroxylation sites is 1. The van der Waals surface area contributed by atoms with Crippen molar-refractivity contribution in [2.24, 2.45) is 0 Å². The maximum Gasteiger partial charge on any atom is 0.168 e. The van der Waals surface area contributed by atoms with E-state index >= 15 is 0 Å². The number of piperazine rings is 1. The van der Waals surface area contributed by atoms with Gasteiger partial charge in [0.05, 0.1) is 24.4 Å². The van der Waals surface area contributed by atoms with Gasteiger partial charge in [-0.3, -0.25) is 4.90 Å². The maximum absolute atomic E-state index is 14.2. The first-order chi connectivity index (χ1) is 14.3. The van der Waals surface area contributed by atoms with E-state index in [2.05, 4.69) is 32.2 Å². The average Bonchev–Trinajstić information content (AvgIpc) is 3.42. The number of tetrazole rings is 1. The molecular weight excluding hydrogens is 371 g/mol. The SMILES string of the molecule is CCCC[C@H](c1nnnn1C[C@H]1CCCO1)N1CCN(c2ccccc2F)CC1. The normalized spacial score (nSPS) is 21.6. The van der Waals surface area contributed by atoms with E-state index in [1.165, 1.54) is 6.07 Å². The Morgan fingerprint density at radius 2 is 2.03 bits per heavy atom. The third kappa shape index (κ3) is 4.75. The van der Waals surface area contributed by atoms with Crippen LogP contribution >= 0.6 is 0 Å². The van der Waals surface area contributed by atoms with Crippen LogP contribution in [0.1, 0.15) is 50.9 Å². The minimum atomic E-state index is -0.149. The zero-order valence-corrected chi connectivity index (χ0v) is 17.2. The summed E-state index contributed by atoms with van der Waals surface area (Å²) in [5.41, 5.74) is 0.695. The number of halogens is 1. The van der Waals surface area contributed by atoms with Gasteiger partial charge < -0.3 is 9.64 Å². The van der Waals surface area contributed by atoms with E-state index in [0.717, 1.165) is 77.3 Å². The molecule has 4 rings (SSSR count). The Hall–Kier alpha value is -2.06. The maximum atomic E-state index is 14.2. The molecule has 0 aliphatic carbocycles. The average molecular weight is 403 g/mol. The Labute approximate surface area is 171 Å². The van der Waals surface area contributed by atoms with Gasteiger partial charge in [-0.15, -0.1) is 5.10 Å². The molecule has 2 aromatic rings. The first-order valence-electron chi connectivity index (χ1n) is 10.9. The van der Waals surface area contributed by atoms with Crippen molar-refractivity contribution < 1.29 is 9.13 Å². The number of ether oxygens (including phenoxy) is 1. The molecule has 8 heteroatoms. The van der Waals surface area contributed by atoms with Crippen LogP contribution in [-0.4, -0.2) is 64.0 Å². The third-order valence-corrected chi connectivity index (χ3v) is 6.04. The highest BCUT2D eigenvalue weighted by Crippen LogP contribution is 2.28. The fourth-order valence-electron chi connectivity index (χ4n) is 4.42. The summed E-state index contributed by atoms with van der Waals surface area (Å²) >= 11 is 0. The van der Waals surface area contributed by atoms with Crippen LogP contribution in [0.3, 0.4) is 0 Å². The van der Waals surface area contributed by atoms with E-state index in [0.29, 0.717) is 5.69 Å². The Morgan fingerprint density at radius 1 is 1.21 bits per heavy atom. The molecule has 1 aromatic carbocycles. The summed E-state index contributed by atoms with van der Waals surface area (Å²) in [6, 6.07) is 7.22. The van der Waals surface area contributed by atoms with Crippen molar-refractivity contribution in [2.75, 3.05) is 37.7 Å². The highest BCUT2D eigenvalue weighted by atomic mass is 19.1. The zero-order valence-electron chi connectivity index (χ0n) is 17.2. The molecule has 0 spiro atoms. The summed E-state index contributed by atoms with van der Waals surface area (Å²) in [7, 11) is 0. The van der Waals surface area contributed by atoms with Crippen LogP contribution in [0.5, 0.6) is 0 Å². The van der Waals surface area contributed by atoms with Gasteiger partial charge in [0.2, 0.25) is 0 Å². The molecule has 0 bridgehead atoms. The molecule has 158 valence electrons. The molecule has 1 aromatic heterocycles. The lowest BCUT2D eigenvalue weighted by molar-refractivity contribution is 0.0890. The van der Waals surface area contributed by atoms with Crippen LogP contribution in [0.25, 0.3) is 0 Å². The van der Waals surface area contributed by atoms with Crippen molar-refractivity contribution >= 4 is 5.69 Å². The predicted molar refractivity (Wildman–Crippen MR) is 109 cm³/mol. The van der Waals surface area contributed by atoms with Crippen LogP contribution in [-0.2, 0) is 11.3 Å². The first kappa shape index (κ1) is 20.2. The van der Waals surface area contributed by atoms with Gasteiger partial charge in [0.1, 0.15) is 5.82 Å². The van der Waals surface area contributed by atoms with E-state index in [4.69, 9.17) is 4.74 Å². The largest absolute Gasteiger partial charge is 0.376 e. The molecule has 0 radical (unpaired) electrons. The van der Waals surface area contributed by atoms with Gasteiger partial charge >= 0.3 is 0 Å². The molecule has 2 aliphatic heterocycles. The van der Waals surface area contributed by atoms with Gasteiger partial charge in [-0.1, -0.05) is 31.9 Å². The number of hydrogen-bond acceptors (Lipinski definition) is 6. The van der Waals surface area contributed by atoms with Crippen LogP contribution in [0.4, 0.5) is 10.1 Å². The van der Waals surface area contributed by atoms with Gasteiger partial charge in [0.15, 0.2) is 5.82 Å². The molecule has 0 amide bonds. The predicted octanol–water partition coefficient (Wildman–Crippen LogP) is 3.04. The second kappa shape index (κ2) is 9.63. The Bertz CT molecular complexity index is 770. The van der Waals surface area contributed by atoms with Gasteiger partial charge in [-0.25, -0.2) is 9.07 Å². The smallest absolute Gasteiger partial charge is 0.168 e. The van der Waals surface area contributed by atoms with E-state index in [9.17, 15) is 4.39 Å². The number of nitrogens with zero attached hydrogens (tertiary/aromatic N) is 6. The van der Waals surface area contributed by atoms with E-state index < -0.39 is 0 Å². The molecule has 0 saturated carbocycles. The van der Waals surface area contributed by atoms with Crippen LogP contribution in [0, 0.1) is 5.82 Å². The van der Waals surface area contributed by atoms with Crippen molar-refractivity contribution in [2.45, 2.75) is 57.7 Å². The van der Waals surface area contributed by atoms with Crippen LogP contribution in [0.15, 0.2) is 24.3 Å². The van der Waals surface area contributed by atoms with Crippen molar-refractivity contribution in [1.82, 2.24) is 25.1 Å². The number of aromatic nitrogens is 4. The van der Waals surface area contributed by atoms with Crippen molar-refractivity contribution in [1.29, 1.82) is 0 Å². The molecule has 0 N–H and O–H groups in total. The van der Waals surface area contributed by atoms with Gasteiger partial charge in [-0.2, -0.15) is 0 Å². The fraction of sp³-hybridized carbons (Fsp3) is 0.667. The lowest BCUT2D eigenvalue weighted by Gasteiger charge is -2.40. The lowest BCUT2D eigenvalue weighted by Crippen LogP contribution is -2.48. The van der Waals surface area contributed by atoms with Crippen molar-refractivity contribution in [3.63, 3.8) is 0 Å². The minimum absolute atomic E-state index is 0.149. The van der Waals surface area contributed by atoms with Crippen LogP contribution < -0.4 is 4.90 Å². The summed E-state index contributed by atoms with van der Waals surface area (Å²) in [5, 5.41) is 12.7. The molecule has 0 unspecified atom stereocenters. The van der Waals surface area contributed by atoms with E-state index in [1.54, 1.807) is 6.07 Å². The minimum Gasteiger partial charge on any atom is -0.376 e. The van der Waals surface area contributed by atoms with Crippen molar-refractivity contribution in [3.05, 3.63) is 35.9 Å². The number of unbranched alkanes of at least 4 members (excludes halogenated alkanes) is 1. The highest BCUT2D eigenvalue weighted by Gasteiger charge is 2.30. The molecule has 2 fully saturated rings. The Kier molecular flexibility index (Phi) is 6.71. The lowest BCUT2D eigenvalue weighted by atomic mass is 10.1. The molecule has 7 nitrogen and oxygen atoms in total. The number of anilines is 1. The molecule has 2 saturated heterocycles. The third-order valence-electron chi connectivity index (χ3n) is 6.04. The second-order valence-electron chi connectivity index (χ2n) is 7.99. The number of benzene rings is 1. The zero-order chi connectivity index (χ0) is 20.1. The molecule has 3 heterocycles. The summed E-state index contributed by atoms with van der Waals surface area (Å²) in [6.07, 6.45) is 5.69. The molecule has 29 heavy (non-hydrogen) atoms. The highest BCUT2D eigenvalue weighted by molar-refractivity contribution is 5.48. The number of hydrogen-bond donors (Lipinski definition) is 0. The van der Waals surface area contributed by atoms with E-state index in [1.807, 2.05) is 16.8 Å². The molecule has 2 atom stereocenters. The standard InChI is InChI=1S/C21H31FN6O/c1-2-3-9-20(21-23-24-25-28(21)16-17-7-6-15-29-17)27-13-11-26(12-14-27)19-10-5-4-8-18(19)22/h4-5,8,10,17,20H,2-3,6-7,9,11-16H2,1H3/t17-,20-/m1/s1. The van der Waals surface area contributed by atoms with Gasteiger partial charge in [-0.05, 0) is 41.8 Å². The second-order valence-corrected chi connectivity index (χ2v) is 7.99. The topological polar surface area (TPSA) is 59.3 Å². The number of rotatable bonds is 8. The first-order valence-corrected chi connectivity index (χ1v) is 10.9. The molecular formula is C21H31FN6O. The van der Waals surface area contributed by atoms with Gasteiger partial charge in [0, 0.05) is 32.8 Å². The van der Waals surface area contributed by atoms with E-state index in [-0.39, 0.29) is 18.0 Å². The summed E-state index contributed by atoms with van der Waals surface area (Å²) in [6.45, 7) is 7.11. The summed E-state index contributed by atoms with van der Waals surface area (Å²) in [4.78, 5) is 4.60. The monoisotopic (exact) mass is 402 g/mol. The van der Waals surface area contributed by atoms with Crippen LogP contribution in [0.2, 0.25) is 0 Å². The van der Waals surface area contributed by atoms with Gasteiger partial charge in [0.25, 0.3) is 0 Å².